The zero-order valence-electron chi connectivity index (χ0n) is 10.5. The molecule has 19 heavy (non-hydrogen) atoms. The average molecular weight is 256 g/mol. The van der Waals surface area contributed by atoms with E-state index in [1.807, 2.05) is 30.3 Å². The van der Waals surface area contributed by atoms with Crippen LogP contribution in [0.4, 0.5) is 0 Å². The van der Waals surface area contributed by atoms with Gasteiger partial charge in [-0.1, -0.05) is 42.5 Å². The summed E-state index contributed by atoms with van der Waals surface area (Å²) in [6, 6.07) is 14.5. The van der Waals surface area contributed by atoms with E-state index in [0.29, 0.717) is 17.9 Å². The molecule has 0 spiro atoms. The van der Waals surface area contributed by atoms with E-state index in [1.54, 1.807) is 12.1 Å². The molecule has 0 aliphatic carbocycles. The molecule has 1 unspecified atom stereocenters. The van der Waals surface area contributed by atoms with Gasteiger partial charge in [0.15, 0.2) is 11.5 Å². The number of aliphatic hydroxyl groups is 1. The van der Waals surface area contributed by atoms with Crippen molar-refractivity contribution >= 4 is 0 Å². The van der Waals surface area contributed by atoms with E-state index < -0.39 is 6.10 Å². The second kappa shape index (κ2) is 6.07. The van der Waals surface area contributed by atoms with Crippen LogP contribution in [-0.2, 0) is 6.61 Å². The van der Waals surface area contributed by atoms with Crippen LogP contribution < -0.4 is 4.74 Å². The summed E-state index contributed by atoms with van der Waals surface area (Å²) in [6.45, 7) is 3.89. The number of rotatable bonds is 5. The third kappa shape index (κ3) is 3.36. The van der Waals surface area contributed by atoms with Gasteiger partial charge in [0.1, 0.15) is 6.61 Å². The van der Waals surface area contributed by atoms with Gasteiger partial charge in [-0.15, -0.1) is 6.58 Å². The Kier molecular flexibility index (Phi) is 4.21. The lowest BCUT2D eigenvalue weighted by Gasteiger charge is -2.11. The third-order valence-corrected chi connectivity index (χ3v) is 2.78. The Labute approximate surface area is 112 Å². The molecule has 0 bridgehead atoms. The van der Waals surface area contributed by atoms with Crippen molar-refractivity contribution in [2.24, 2.45) is 0 Å². The van der Waals surface area contributed by atoms with Crippen molar-refractivity contribution in [3.63, 3.8) is 0 Å². The molecule has 0 aliphatic rings. The van der Waals surface area contributed by atoms with Crippen LogP contribution >= 0.6 is 0 Å². The number of phenolic OH excluding ortho intramolecular Hbond substituents is 1. The van der Waals surface area contributed by atoms with Crippen LogP contribution in [0.15, 0.2) is 61.2 Å². The van der Waals surface area contributed by atoms with E-state index in [2.05, 4.69) is 6.58 Å². The summed E-state index contributed by atoms with van der Waals surface area (Å²) < 4.78 is 5.53. The average Bonchev–Trinajstić information content (AvgIpc) is 2.46. The minimum atomic E-state index is -0.783. The van der Waals surface area contributed by atoms with Crippen molar-refractivity contribution in [1.29, 1.82) is 0 Å². The molecule has 2 rings (SSSR count). The Morgan fingerprint density at radius 1 is 1.16 bits per heavy atom. The van der Waals surface area contributed by atoms with Gasteiger partial charge < -0.3 is 14.9 Å². The number of benzene rings is 2. The lowest BCUT2D eigenvalue weighted by molar-refractivity contribution is 0.228. The molecule has 98 valence electrons. The zero-order valence-corrected chi connectivity index (χ0v) is 10.5. The summed E-state index contributed by atoms with van der Waals surface area (Å²) in [5.41, 5.74) is 1.61. The van der Waals surface area contributed by atoms with Crippen molar-refractivity contribution < 1.29 is 14.9 Å². The highest BCUT2D eigenvalue weighted by molar-refractivity contribution is 5.43. The molecular formula is C16H16O3. The molecule has 0 radical (unpaired) electrons. The Balaban J connectivity index is 2.07. The lowest BCUT2D eigenvalue weighted by Crippen LogP contribution is -1.97. The molecule has 0 fully saturated rings. The molecule has 0 saturated carbocycles. The maximum absolute atomic E-state index is 9.84. The number of aliphatic hydroxyl groups excluding tert-OH is 1. The molecule has 3 nitrogen and oxygen atoms in total. The summed E-state index contributed by atoms with van der Waals surface area (Å²) in [7, 11) is 0. The van der Waals surface area contributed by atoms with Crippen molar-refractivity contribution in [1.82, 2.24) is 0 Å². The molecule has 2 aromatic carbocycles. The number of phenols is 1. The number of ether oxygens (including phenoxy) is 1. The fourth-order valence-electron chi connectivity index (χ4n) is 1.71. The molecule has 3 heteroatoms. The molecule has 1 atom stereocenters. The Morgan fingerprint density at radius 2 is 1.89 bits per heavy atom. The van der Waals surface area contributed by atoms with Crippen LogP contribution in [0.1, 0.15) is 17.2 Å². The highest BCUT2D eigenvalue weighted by Crippen LogP contribution is 2.30. The number of hydrogen-bond acceptors (Lipinski definition) is 3. The fourth-order valence-corrected chi connectivity index (χ4v) is 1.71. The summed E-state index contributed by atoms with van der Waals surface area (Å²) in [5, 5.41) is 19.4. The van der Waals surface area contributed by atoms with E-state index in [0.717, 1.165) is 5.56 Å². The van der Waals surface area contributed by atoms with E-state index in [9.17, 15) is 10.2 Å². The first-order chi connectivity index (χ1) is 9.20. The van der Waals surface area contributed by atoms with Gasteiger partial charge in [0.05, 0.1) is 6.10 Å². The predicted octanol–water partition coefficient (Wildman–Crippen LogP) is 3.19. The van der Waals surface area contributed by atoms with E-state index in [-0.39, 0.29) is 5.75 Å². The Morgan fingerprint density at radius 3 is 2.53 bits per heavy atom. The van der Waals surface area contributed by atoms with Crippen molar-refractivity contribution in [2.45, 2.75) is 12.7 Å². The minimum absolute atomic E-state index is 0.00864. The van der Waals surface area contributed by atoms with Crippen LogP contribution in [0.3, 0.4) is 0 Å². The second-order valence-corrected chi connectivity index (χ2v) is 4.18. The molecule has 2 N–H and O–H groups in total. The normalized spacial score (nSPS) is 11.8. The first-order valence-corrected chi connectivity index (χ1v) is 6.01. The van der Waals surface area contributed by atoms with Gasteiger partial charge in [-0.25, -0.2) is 0 Å². The first-order valence-electron chi connectivity index (χ1n) is 6.01. The van der Waals surface area contributed by atoms with Crippen molar-refractivity contribution in [3.8, 4) is 11.5 Å². The van der Waals surface area contributed by atoms with Crippen molar-refractivity contribution in [2.75, 3.05) is 0 Å². The van der Waals surface area contributed by atoms with Crippen LogP contribution in [0.25, 0.3) is 0 Å². The number of hydrogen-bond donors (Lipinski definition) is 2. The van der Waals surface area contributed by atoms with Crippen LogP contribution in [0.2, 0.25) is 0 Å². The van der Waals surface area contributed by atoms with Gasteiger partial charge in [-0.2, -0.15) is 0 Å². The van der Waals surface area contributed by atoms with E-state index in [4.69, 9.17) is 4.74 Å². The quantitative estimate of drug-likeness (QED) is 0.808. The standard InChI is InChI=1S/C16H16O3/c1-2-14(17)13-8-9-16(15(18)10-13)19-11-12-6-4-3-5-7-12/h2-10,14,17-18H,1,11H2. The summed E-state index contributed by atoms with van der Waals surface area (Å²) >= 11 is 0. The molecule has 0 saturated heterocycles. The topological polar surface area (TPSA) is 49.7 Å². The first kappa shape index (κ1) is 13.2. The van der Waals surface area contributed by atoms with Gasteiger partial charge in [-0.05, 0) is 23.3 Å². The van der Waals surface area contributed by atoms with E-state index in [1.165, 1.54) is 12.1 Å². The van der Waals surface area contributed by atoms with Crippen LogP contribution in [-0.4, -0.2) is 10.2 Å². The third-order valence-electron chi connectivity index (χ3n) is 2.78. The highest BCUT2D eigenvalue weighted by atomic mass is 16.5. The highest BCUT2D eigenvalue weighted by Gasteiger charge is 2.08. The Hall–Kier alpha value is -2.26. The van der Waals surface area contributed by atoms with Crippen LogP contribution in [0, 0.1) is 0 Å². The zero-order chi connectivity index (χ0) is 13.7. The van der Waals surface area contributed by atoms with Crippen molar-refractivity contribution in [3.05, 3.63) is 72.3 Å². The molecular weight excluding hydrogens is 240 g/mol. The lowest BCUT2D eigenvalue weighted by atomic mass is 10.1. The second-order valence-electron chi connectivity index (χ2n) is 4.18. The van der Waals surface area contributed by atoms with Crippen LogP contribution in [0.5, 0.6) is 11.5 Å². The van der Waals surface area contributed by atoms with Gasteiger partial charge in [0, 0.05) is 0 Å². The molecule has 0 heterocycles. The van der Waals surface area contributed by atoms with Gasteiger partial charge in [0.25, 0.3) is 0 Å². The smallest absolute Gasteiger partial charge is 0.161 e. The van der Waals surface area contributed by atoms with E-state index >= 15 is 0 Å². The fraction of sp³-hybridized carbons (Fsp3) is 0.125. The molecule has 2 aromatic rings. The maximum Gasteiger partial charge on any atom is 0.161 e. The molecule has 0 amide bonds. The Bertz CT molecular complexity index is 549. The molecule has 0 aromatic heterocycles. The maximum atomic E-state index is 9.84. The van der Waals surface area contributed by atoms with Gasteiger partial charge in [-0.3, -0.25) is 0 Å². The van der Waals surface area contributed by atoms with Gasteiger partial charge >= 0.3 is 0 Å². The summed E-state index contributed by atoms with van der Waals surface area (Å²) in [6.07, 6.45) is 0.619. The minimum Gasteiger partial charge on any atom is -0.504 e. The monoisotopic (exact) mass is 256 g/mol. The SMILES string of the molecule is C=CC(O)c1ccc(OCc2ccccc2)c(O)c1. The molecule has 0 aliphatic heterocycles. The van der Waals surface area contributed by atoms with Gasteiger partial charge in [0.2, 0.25) is 0 Å². The predicted molar refractivity (Wildman–Crippen MR) is 74.0 cm³/mol. The summed E-state index contributed by atoms with van der Waals surface area (Å²) in [4.78, 5) is 0. The largest absolute Gasteiger partial charge is 0.504 e. The summed E-state index contributed by atoms with van der Waals surface area (Å²) in [5.74, 6) is 0.401. The number of aromatic hydroxyl groups is 1.